The molecule has 0 spiro atoms. The van der Waals surface area contributed by atoms with Crippen molar-refractivity contribution in [3.63, 3.8) is 0 Å². The molecule has 2 amide bonds. The summed E-state index contributed by atoms with van der Waals surface area (Å²) in [5.41, 5.74) is 0.827. The van der Waals surface area contributed by atoms with Crippen LogP contribution in [0.15, 0.2) is 47.3 Å². The number of halogens is 2. The van der Waals surface area contributed by atoms with E-state index in [0.29, 0.717) is 28.7 Å². The molecule has 3 aromatic rings. The lowest BCUT2D eigenvalue weighted by Crippen LogP contribution is -2.40. The van der Waals surface area contributed by atoms with Gasteiger partial charge >= 0.3 is 6.03 Å². The van der Waals surface area contributed by atoms with Crippen LogP contribution in [0.3, 0.4) is 0 Å². The highest BCUT2D eigenvalue weighted by molar-refractivity contribution is 6.31. The Morgan fingerprint density at radius 2 is 1.87 bits per heavy atom. The summed E-state index contributed by atoms with van der Waals surface area (Å²) in [4.78, 5) is 27.2. The molecule has 0 saturated heterocycles. The fourth-order valence-electron chi connectivity index (χ4n) is 3.36. The van der Waals surface area contributed by atoms with Crippen molar-refractivity contribution in [2.75, 3.05) is 11.9 Å². The minimum Gasteiger partial charge on any atom is -0.316 e. The first-order chi connectivity index (χ1) is 14.2. The van der Waals surface area contributed by atoms with Crippen LogP contribution < -0.4 is 10.9 Å². The highest BCUT2D eigenvalue weighted by atomic mass is 35.5. The van der Waals surface area contributed by atoms with E-state index in [1.807, 2.05) is 32.9 Å². The van der Waals surface area contributed by atoms with Gasteiger partial charge < -0.3 is 10.2 Å². The van der Waals surface area contributed by atoms with Gasteiger partial charge in [0.1, 0.15) is 5.82 Å². The number of anilines is 1. The molecule has 0 radical (unpaired) electrons. The van der Waals surface area contributed by atoms with Gasteiger partial charge in [-0.25, -0.2) is 13.9 Å². The second-order valence-corrected chi connectivity index (χ2v) is 8.05. The molecule has 0 saturated carbocycles. The normalized spacial score (nSPS) is 12.2. The fraction of sp³-hybridized carbons (Fsp3) is 0.318. The first-order valence-corrected chi connectivity index (χ1v) is 10.1. The summed E-state index contributed by atoms with van der Waals surface area (Å²) >= 11 is 5.83. The maximum Gasteiger partial charge on any atom is 0.322 e. The van der Waals surface area contributed by atoms with E-state index >= 15 is 0 Å². The molecule has 1 aromatic heterocycles. The van der Waals surface area contributed by atoms with Crippen LogP contribution in [0.1, 0.15) is 32.5 Å². The molecule has 0 unspecified atom stereocenters. The van der Waals surface area contributed by atoms with Crippen LogP contribution in [0.4, 0.5) is 14.9 Å². The third-order valence-corrected chi connectivity index (χ3v) is 5.13. The summed E-state index contributed by atoms with van der Waals surface area (Å²) in [6, 6.07) is 10.5. The SMILES string of the molecule is CC(C)CN(C(=O)Nc1ccc(F)c(Cl)c1)[C@H](C)c1nn(C)c(=O)c2ccccc12. The third-order valence-electron chi connectivity index (χ3n) is 4.84. The molecular weight excluding hydrogens is 407 g/mol. The van der Waals surface area contributed by atoms with Gasteiger partial charge in [-0.1, -0.05) is 43.6 Å². The van der Waals surface area contributed by atoms with Gasteiger partial charge in [-0.3, -0.25) is 4.79 Å². The van der Waals surface area contributed by atoms with Crippen LogP contribution in [0.25, 0.3) is 10.8 Å². The molecule has 3 rings (SSSR count). The predicted octanol–water partition coefficient (Wildman–Crippen LogP) is 4.98. The minimum atomic E-state index is -0.553. The highest BCUT2D eigenvalue weighted by Gasteiger charge is 2.26. The second kappa shape index (κ2) is 8.83. The average molecular weight is 431 g/mol. The molecule has 30 heavy (non-hydrogen) atoms. The Morgan fingerprint density at radius 1 is 1.20 bits per heavy atom. The van der Waals surface area contributed by atoms with E-state index in [9.17, 15) is 14.0 Å². The molecular formula is C22H24ClFN4O2. The topological polar surface area (TPSA) is 67.2 Å². The van der Waals surface area contributed by atoms with Crippen LogP contribution in [-0.4, -0.2) is 27.3 Å². The zero-order chi connectivity index (χ0) is 22.0. The fourth-order valence-corrected chi connectivity index (χ4v) is 3.54. The van der Waals surface area contributed by atoms with Crippen LogP contribution >= 0.6 is 11.6 Å². The van der Waals surface area contributed by atoms with Gasteiger partial charge in [0.2, 0.25) is 0 Å². The van der Waals surface area contributed by atoms with Crippen molar-refractivity contribution in [3.05, 3.63) is 69.4 Å². The van der Waals surface area contributed by atoms with Crippen LogP contribution in [0.5, 0.6) is 0 Å². The summed E-state index contributed by atoms with van der Waals surface area (Å²) in [6.07, 6.45) is 0. The first-order valence-electron chi connectivity index (χ1n) is 9.67. The molecule has 6 nitrogen and oxygen atoms in total. The zero-order valence-corrected chi connectivity index (χ0v) is 18.1. The smallest absolute Gasteiger partial charge is 0.316 e. The van der Waals surface area contributed by atoms with Gasteiger partial charge in [0.25, 0.3) is 5.56 Å². The molecule has 0 bridgehead atoms. The standard InChI is InChI=1S/C22H24ClFN4O2/c1-13(2)12-28(22(30)25-15-9-10-19(24)18(23)11-15)14(3)20-16-7-5-6-8-17(16)21(29)27(4)26-20/h5-11,13-14H,12H2,1-4H3,(H,25,30)/t14-/m1/s1. The largest absolute Gasteiger partial charge is 0.322 e. The van der Waals surface area contributed by atoms with E-state index in [1.165, 1.54) is 22.9 Å². The lowest BCUT2D eigenvalue weighted by atomic mass is 10.0. The van der Waals surface area contributed by atoms with Gasteiger partial charge in [0.05, 0.1) is 22.1 Å². The van der Waals surface area contributed by atoms with E-state index in [-0.39, 0.29) is 22.5 Å². The molecule has 0 aliphatic carbocycles. The van der Waals surface area contributed by atoms with Crippen molar-refractivity contribution < 1.29 is 9.18 Å². The Morgan fingerprint density at radius 3 is 2.50 bits per heavy atom. The number of aromatic nitrogens is 2. The number of fused-ring (bicyclic) bond motifs is 1. The van der Waals surface area contributed by atoms with E-state index in [4.69, 9.17) is 11.6 Å². The molecule has 8 heteroatoms. The summed E-state index contributed by atoms with van der Waals surface area (Å²) in [6.45, 7) is 6.35. The van der Waals surface area contributed by atoms with E-state index in [0.717, 1.165) is 0 Å². The Balaban J connectivity index is 2.00. The number of hydrogen-bond acceptors (Lipinski definition) is 3. The van der Waals surface area contributed by atoms with Gasteiger partial charge in [-0.05, 0) is 37.1 Å². The number of rotatable bonds is 5. The average Bonchev–Trinajstić information content (AvgIpc) is 2.71. The first kappa shape index (κ1) is 21.8. The Kier molecular flexibility index (Phi) is 6.41. The van der Waals surface area contributed by atoms with E-state index in [2.05, 4.69) is 10.4 Å². The maximum atomic E-state index is 13.4. The van der Waals surface area contributed by atoms with Crippen molar-refractivity contribution in [1.29, 1.82) is 0 Å². The molecule has 158 valence electrons. The minimum absolute atomic E-state index is 0.0676. The van der Waals surface area contributed by atoms with Crippen molar-refractivity contribution in [3.8, 4) is 0 Å². The third kappa shape index (κ3) is 4.46. The Labute approximate surface area is 179 Å². The molecule has 0 fully saturated rings. The molecule has 0 aliphatic rings. The summed E-state index contributed by atoms with van der Waals surface area (Å²) in [5, 5.41) is 8.42. The van der Waals surface area contributed by atoms with Crippen LogP contribution in [-0.2, 0) is 7.05 Å². The van der Waals surface area contributed by atoms with Crippen molar-refractivity contribution >= 4 is 34.1 Å². The summed E-state index contributed by atoms with van der Waals surface area (Å²) in [7, 11) is 1.60. The van der Waals surface area contributed by atoms with Gasteiger partial charge in [0.15, 0.2) is 0 Å². The van der Waals surface area contributed by atoms with Crippen molar-refractivity contribution in [2.45, 2.75) is 26.8 Å². The Hall–Kier alpha value is -2.93. The lowest BCUT2D eigenvalue weighted by molar-refractivity contribution is 0.182. The number of carbonyl (C=O) groups is 1. The zero-order valence-electron chi connectivity index (χ0n) is 17.3. The number of benzene rings is 2. The van der Waals surface area contributed by atoms with Gasteiger partial charge in [-0.2, -0.15) is 5.10 Å². The summed E-state index contributed by atoms with van der Waals surface area (Å²) in [5.74, 6) is -0.364. The van der Waals surface area contributed by atoms with Crippen LogP contribution in [0, 0.1) is 11.7 Å². The van der Waals surface area contributed by atoms with Gasteiger partial charge in [-0.15, -0.1) is 0 Å². The lowest BCUT2D eigenvalue weighted by Gasteiger charge is -2.31. The van der Waals surface area contributed by atoms with E-state index in [1.54, 1.807) is 24.1 Å². The summed E-state index contributed by atoms with van der Waals surface area (Å²) < 4.78 is 14.7. The van der Waals surface area contributed by atoms with Crippen LogP contribution in [0.2, 0.25) is 5.02 Å². The van der Waals surface area contributed by atoms with Crippen molar-refractivity contribution in [2.24, 2.45) is 13.0 Å². The number of nitrogens with one attached hydrogen (secondary N) is 1. The number of carbonyl (C=O) groups excluding carboxylic acids is 1. The number of hydrogen-bond donors (Lipinski definition) is 1. The Bertz CT molecular complexity index is 1150. The highest BCUT2D eigenvalue weighted by Crippen LogP contribution is 2.27. The number of aryl methyl sites for hydroxylation is 1. The quantitative estimate of drug-likeness (QED) is 0.620. The molecule has 0 aliphatic heterocycles. The number of amides is 2. The van der Waals surface area contributed by atoms with Crippen molar-refractivity contribution in [1.82, 2.24) is 14.7 Å². The molecule has 1 N–H and O–H groups in total. The second-order valence-electron chi connectivity index (χ2n) is 7.64. The maximum absolute atomic E-state index is 13.4. The molecule has 1 atom stereocenters. The predicted molar refractivity (Wildman–Crippen MR) is 117 cm³/mol. The number of urea groups is 1. The number of nitrogens with zero attached hydrogens (tertiary/aromatic N) is 3. The van der Waals surface area contributed by atoms with E-state index < -0.39 is 11.9 Å². The monoisotopic (exact) mass is 430 g/mol. The van der Waals surface area contributed by atoms with Gasteiger partial charge in [0, 0.05) is 24.7 Å². The molecule has 2 aromatic carbocycles. The molecule has 1 heterocycles.